The summed E-state index contributed by atoms with van der Waals surface area (Å²) in [5.74, 6) is 0.753. The van der Waals surface area contributed by atoms with Crippen molar-refractivity contribution in [2.75, 3.05) is 62.7 Å². The Hall–Kier alpha value is -4.16. The van der Waals surface area contributed by atoms with Crippen molar-refractivity contribution in [2.45, 2.75) is 44.8 Å². The van der Waals surface area contributed by atoms with Gasteiger partial charge in [0.2, 0.25) is 12.5 Å². The number of ether oxygens (including phenoxy) is 1. The molecule has 2 atom stereocenters. The van der Waals surface area contributed by atoms with Crippen LogP contribution in [0.4, 0.5) is 11.5 Å². The van der Waals surface area contributed by atoms with E-state index < -0.39 is 0 Å². The summed E-state index contributed by atoms with van der Waals surface area (Å²) >= 11 is 0. The molecule has 3 aliphatic heterocycles. The number of carbonyl (C=O) groups excluding carboxylic acids is 1. The Morgan fingerprint density at radius 1 is 1.12 bits per heavy atom. The molecule has 0 aliphatic carbocycles. The van der Waals surface area contributed by atoms with Gasteiger partial charge in [0, 0.05) is 48.9 Å². The maximum absolute atomic E-state index is 12.5. The van der Waals surface area contributed by atoms with Crippen molar-refractivity contribution in [2.24, 2.45) is 0 Å². The summed E-state index contributed by atoms with van der Waals surface area (Å²) in [6.45, 7) is 18.4. The summed E-state index contributed by atoms with van der Waals surface area (Å²) in [4.78, 5) is 34.9. The maximum atomic E-state index is 12.5. The molecule has 0 unspecified atom stereocenters. The number of aromatic nitrogens is 2. The minimum atomic E-state index is -0.220. The summed E-state index contributed by atoms with van der Waals surface area (Å²) in [6, 6.07) is 13.5. The van der Waals surface area contributed by atoms with Crippen LogP contribution in [0.3, 0.4) is 0 Å². The van der Waals surface area contributed by atoms with Crippen molar-refractivity contribution in [3.63, 3.8) is 0 Å². The highest BCUT2D eigenvalue weighted by molar-refractivity contribution is 5.97. The molecule has 0 bridgehead atoms. The molecule has 6 rings (SSSR count). The van der Waals surface area contributed by atoms with Crippen LogP contribution in [-0.2, 0) is 17.8 Å². The number of benzene rings is 2. The second-order valence-electron chi connectivity index (χ2n) is 11.6. The van der Waals surface area contributed by atoms with Gasteiger partial charge >= 0.3 is 6.01 Å². The van der Waals surface area contributed by atoms with Crippen molar-refractivity contribution >= 4 is 28.2 Å². The SMILES string of the molecule is [C-]#[N+]C[C@H]1CN(c2nc(OC[C@@H]3CCCN3C)nc3c2CCN(c2cccc4cccc(C)c24)C3)CCN1C(=O)C=C. The van der Waals surface area contributed by atoms with Crippen LogP contribution in [0.5, 0.6) is 6.01 Å². The Morgan fingerprint density at radius 3 is 2.71 bits per heavy atom. The molecule has 3 aromatic rings. The van der Waals surface area contributed by atoms with Crippen molar-refractivity contribution in [1.82, 2.24) is 19.8 Å². The molecule has 2 aromatic carbocycles. The smallest absolute Gasteiger partial charge is 0.318 e. The standard InChI is InChI=1S/C33H39N7O2/c1-5-30(41)40-18-17-39(20-26(40)19-34-3)32-27-14-16-38(29-13-7-11-24-10-6-9-23(2)31(24)29)21-28(27)35-33(36-32)42-22-25-12-8-15-37(25)4/h5-7,9-11,13,25-26H,1,8,12,14-22H2,2,4H3/t25-,26-/m0/s1. The molecule has 2 saturated heterocycles. The van der Waals surface area contributed by atoms with Gasteiger partial charge < -0.3 is 29.2 Å². The predicted octanol–water partition coefficient (Wildman–Crippen LogP) is 4.10. The molecule has 0 radical (unpaired) electrons. The fourth-order valence-electron chi connectivity index (χ4n) is 6.77. The van der Waals surface area contributed by atoms with Crippen LogP contribution in [0.2, 0.25) is 0 Å². The highest BCUT2D eigenvalue weighted by Crippen LogP contribution is 2.36. The van der Waals surface area contributed by atoms with E-state index in [2.05, 4.69) is 76.5 Å². The zero-order valence-corrected chi connectivity index (χ0v) is 24.6. The van der Waals surface area contributed by atoms with Crippen LogP contribution in [-0.4, -0.2) is 90.7 Å². The number of likely N-dealkylation sites (N-methyl/N-ethyl adjacent to an activating group) is 1. The van der Waals surface area contributed by atoms with Crippen molar-refractivity contribution in [3.8, 4) is 6.01 Å². The number of rotatable bonds is 7. The van der Waals surface area contributed by atoms with Crippen molar-refractivity contribution < 1.29 is 9.53 Å². The number of nitrogens with zero attached hydrogens (tertiary/aromatic N) is 7. The van der Waals surface area contributed by atoms with Gasteiger partial charge in [0.15, 0.2) is 0 Å². The van der Waals surface area contributed by atoms with Crippen LogP contribution >= 0.6 is 0 Å². The molecule has 3 aliphatic rings. The average Bonchev–Trinajstić information content (AvgIpc) is 3.43. The van der Waals surface area contributed by atoms with E-state index in [9.17, 15) is 4.79 Å². The zero-order chi connectivity index (χ0) is 29.2. The van der Waals surface area contributed by atoms with Crippen LogP contribution in [0.1, 0.15) is 29.7 Å². The number of hydrogen-bond acceptors (Lipinski definition) is 7. The summed E-state index contributed by atoms with van der Waals surface area (Å²) in [7, 11) is 2.14. The quantitative estimate of drug-likeness (QED) is 0.316. The highest BCUT2D eigenvalue weighted by atomic mass is 16.5. The molecule has 4 heterocycles. The molecule has 1 aromatic heterocycles. The maximum Gasteiger partial charge on any atom is 0.318 e. The largest absolute Gasteiger partial charge is 0.462 e. The van der Waals surface area contributed by atoms with E-state index in [4.69, 9.17) is 21.3 Å². The second-order valence-corrected chi connectivity index (χ2v) is 11.6. The Morgan fingerprint density at radius 2 is 1.95 bits per heavy atom. The number of likely N-dealkylation sites (tertiary alicyclic amines) is 1. The van der Waals surface area contributed by atoms with Crippen molar-refractivity contribution in [3.05, 3.63) is 77.3 Å². The van der Waals surface area contributed by atoms with E-state index in [0.29, 0.717) is 44.8 Å². The first kappa shape index (κ1) is 28.0. The zero-order valence-electron chi connectivity index (χ0n) is 24.6. The topological polar surface area (TPSA) is 69.4 Å². The van der Waals surface area contributed by atoms with Gasteiger partial charge in [-0.2, -0.15) is 9.97 Å². The summed E-state index contributed by atoms with van der Waals surface area (Å²) in [5, 5.41) is 2.52. The van der Waals surface area contributed by atoms with Gasteiger partial charge in [-0.15, -0.1) is 0 Å². The molecule has 0 spiro atoms. The van der Waals surface area contributed by atoms with Gasteiger partial charge in [-0.1, -0.05) is 36.9 Å². The Labute approximate surface area is 248 Å². The van der Waals surface area contributed by atoms with E-state index in [0.717, 1.165) is 43.0 Å². The van der Waals surface area contributed by atoms with Gasteiger partial charge in [-0.25, -0.2) is 6.57 Å². The normalized spacial score (nSPS) is 20.8. The average molecular weight is 566 g/mol. The highest BCUT2D eigenvalue weighted by Gasteiger charge is 2.35. The van der Waals surface area contributed by atoms with Crippen LogP contribution in [0, 0.1) is 13.5 Å². The number of fused-ring (bicyclic) bond motifs is 2. The predicted molar refractivity (Wildman–Crippen MR) is 166 cm³/mol. The lowest BCUT2D eigenvalue weighted by Gasteiger charge is -2.41. The number of aryl methyl sites for hydroxylation is 1. The molecule has 0 saturated carbocycles. The first-order chi connectivity index (χ1) is 20.5. The lowest BCUT2D eigenvalue weighted by atomic mass is 9.99. The van der Waals surface area contributed by atoms with Crippen molar-refractivity contribution in [1.29, 1.82) is 0 Å². The van der Waals surface area contributed by atoms with Gasteiger partial charge in [-0.05, 0) is 62.9 Å². The van der Waals surface area contributed by atoms with Crippen LogP contribution in [0.25, 0.3) is 15.6 Å². The number of carbonyl (C=O) groups is 1. The van der Waals surface area contributed by atoms with Gasteiger partial charge in [0.25, 0.3) is 0 Å². The number of hydrogen-bond donors (Lipinski definition) is 0. The van der Waals surface area contributed by atoms with Gasteiger partial charge in [0.05, 0.1) is 12.2 Å². The lowest BCUT2D eigenvalue weighted by molar-refractivity contribution is -0.128. The van der Waals surface area contributed by atoms with E-state index in [1.165, 1.54) is 34.5 Å². The molecule has 1 amide bonds. The minimum absolute atomic E-state index is 0.126. The monoisotopic (exact) mass is 565 g/mol. The van der Waals surface area contributed by atoms with E-state index in [1.54, 1.807) is 4.90 Å². The molecular weight excluding hydrogens is 526 g/mol. The van der Waals surface area contributed by atoms with Gasteiger partial charge in [-0.3, -0.25) is 4.79 Å². The summed E-state index contributed by atoms with van der Waals surface area (Å²) in [5.41, 5.74) is 4.61. The third-order valence-corrected chi connectivity index (χ3v) is 9.07. The number of piperazine rings is 1. The van der Waals surface area contributed by atoms with E-state index in [-0.39, 0.29) is 18.5 Å². The number of amides is 1. The van der Waals surface area contributed by atoms with E-state index >= 15 is 0 Å². The molecular formula is C33H39N7O2. The number of anilines is 2. The lowest BCUT2D eigenvalue weighted by Crippen LogP contribution is -2.56. The summed E-state index contributed by atoms with van der Waals surface area (Å²) in [6.07, 6.45) is 4.43. The fourth-order valence-corrected chi connectivity index (χ4v) is 6.77. The minimum Gasteiger partial charge on any atom is -0.462 e. The Bertz CT molecular complexity index is 1530. The first-order valence-corrected chi connectivity index (χ1v) is 14.9. The molecule has 2 fully saturated rings. The molecule has 218 valence electrons. The fraction of sp³-hybridized carbons (Fsp3) is 0.455. The third kappa shape index (κ3) is 5.39. The van der Waals surface area contributed by atoms with Crippen LogP contribution < -0.4 is 14.5 Å². The van der Waals surface area contributed by atoms with Gasteiger partial charge in [0.1, 0.15) is 18.5 Å². The Balaban J connectivity index is 1.34. The third-order valence-electron chi connectivity index (χ3n) is 9.07. The first-order valence-electron chi connectivity index (χ1n) is 14.9. The Kier molecular flexibility index (Phi) is 7.98. The molecule has 42 heavy (non-hydrogen) atoms. The van der Waals surface area contributed by atoms with E-state index in [1.807, 2.05) is 0 Å². The molecule has 9 heteroatoms. The van der Waals surface area contributed by atoms with Crippen LogP contribution in [0.15, 0.2) is 49.1 Å². The molecule has 9 nitrogen and oxygen atoms in total. The molecule has 0 N–H and O–H groups in total. The summed E-state index contributed by atoms with van der Waals surface area (Å²) < 4.78 is 6.30. The second kappa shape index (κ2) is 12.0.